The van der Waals surface area contributed by atoms with Gasteiger partial charge in [-0.05, 0) is 43.4 Å². The van der Waals surface area contributed by atoms with Crippen molar-refractivity contribution in [1.82, 2.24) is 20.9 Å². The summed E-state index contributed by atoms with van der Waals surface area (Å²) in [6.07, 6.45) is 1.87. The summed E-state index contributed by atoms with van der Waals surface area (Å²) in [7, 11) is 0. The molecule has 0 bridgehead atoms. The zero-order valence-corrected chi connectivity index (χ0v) is 20.3. The predicted molar refractivity (Wildman–Crippen MR) is 130 cm³/mol. The number of hydrogen-bond acceptors (Lipinski definition) is 5. The van der Waals surface area contributed by atoms with Gasteiger partial charge >= 0.3 is 0 Å². The highest BCUT2D eigenvalue weighted by Gasteiger charge is 2.57. The van der Waals surface area contributed by atoms with Crippen LogP contribution in [0.5, 0.6) is 0 Å². The standard InChI is InChI=1S/C27H30F2N4O4/c28-27(29)11-9-19(10-12-27)32-24(36)26(13-14-26)25(37)33-21(16-18-6-2-1-3-7-18)22(34)23(35)31-17-20-8-4-5-15-30-20/h1-8,15,19,21H,9-14,16-17H2,(H,31,35)(H,32,36)(H,33,37)/t21-/m1/s1. The molecule has 4 rings (SSSR count). The monoisotopic (exact) mass is 512 g/mol. The number of nitrogens with one attached hydrogen (secondary N) is 3. The fourth-order valence-electron chi connectivity index (χ4n) is 4.46. The fraction of sp³-hybridized carbons (Fsp3) is 0.444. The molecule has 2 fully saturated rings. The van der Waals surface area contributed by atoms with Crippen LogP contribution in [0.25, 0.3) is 0 Å². The molecule has 2 aliphatic rings. The Kier molecular flexibility index (Phi) is 7.94. The summed E-state index contributed by atoms with van der Waals surface area (Å²) in [5, 5.41) is 7.92. The number of carbonyl (C=O) groups is 4. The highest BCUT2D eigenvalue weighted by Crippen LogP contribution is 2.46. The van der Waals surface area contributed by atoms with Crippen molar-refractivity contribution in [3.8, 4) is 0 Å². The van der Waals surface area contributed by atoms with Crippen molar-refractivity contribution in [2.45, 2.75) is 69.5 Å². The molecular weight excluding hydrogens is 482 g/mol. The van der Waals surface area contributed by atoms with E-state index in [4.69, 9.17) is 0 Å². The molecule has 0 unspecified atom stereocenters. The van der Waals surface area contributed by atoms with Crippen molar-refractivity contribution in [1.29, 1.82) is 0 Å². The first-order valence-corrected chi connectivity index (χ1v) is 12.4. The van der Waals surface area contributed by atoms with Crippen LogP contribution in [-0.4, -0.2) is 46.5 Å². The van der Waals surface area contributed by atoms with Crippen LogP contribution < -0.4 is 16.0 Å². The van der Waals surface area contributed by atoms with Crippen LogP contribution in [0.3, 0.4) is 0 Å². The molecule has 2 aliphatic carbocycles. The van der Waals surface area contributed by atoms with E-state index in [1.165, 1.54) is 0 Å². The van der Waals surface area contributed by atoms with Crippen molar-refractivity contribution >= 4 is 23.5 Å². The molecule has 3 amide bonds. The maximum Gasteiger partial charge on any atom is 0.289 e. The third kappa shape index (κ3) is 6.75. The summed E-state index contributed by atoms with van der Waals surface area (Å²) in [6, 6.07) is 12.5. The van der Waals surface area contributed by atoms with Crippen molar-refractivity contribution in [2.24, 2.45) is 5.41 Å². The second-order valence-electron chi connectivity index (χ2n) is 9.77. The molecule has 0 saturated heterocycles. The topological polar surface area (TPSA) is 117 Å². The van der Waals surface area contributed by atoms with E-state index in [1.807, 2.05) is 6.07 Å². The summed E-state index contributed by atoms with van der Waals surface area (Å²) in [5.74, 6) is -5.59. The minimum atomic E-state index is -2.72. The SMILES string of the molecule is O=C(NCc1ccccn1)C(=O)[C@@H](Cc1ccccc1)NC(=O)C1(C(=O)NC2CCC(F)(F)CC2)CC1. The van der Waals surface area contributed by atoms with Crippen LogP contribution in [0.15, 0.2) is 54.7 Å². The lowest BCUT2D eigenvalue weighted by atomic mass is 9.91. The number of pyridine rings is 1. The summed E-state index contributed by atoms with van der Waals surface area (Å²) in [4.78, 5) is 56.1. The first-order valence-electron chi connectivity index (χ1n) is 12.4. The zero-order valence-electron chi connectivity index (χ0n) is 20.3. The molecular formula is C27H30F2N4O4. The van der Waals surface area contributed by atoms with Crippen molar-refractivity contribution in [3.63, 3.8) is 0 Å². The number of nitrogens with zero attached hydrogens (tertiary/aromatic N) is 1. The third-order valence-corrected chi connectivity index (χ3v) is 6.96. The lowest BCUT2D eigenvalue weighted by Crippen LogP contribution is -2.54. The molecule has 8 nitrogen and oxygen atoms in total. The van der Waals surface area contributed by atoms with E-state index < -0.39 is 46.9 Å². The smallest absolute Gasteiger partial charge is 0.289 e. The first-order chi connectivity index (χ1) is 17.7. The number of ketones is 1. The molecule has 0 aliphatic heterocycles. The van der Waals surface area contributed by atoms with Gasteiger partial charge < -0.3 is 16.0 Å². The van der Waals surface area contributed by atoms with Crippen LogP contribution in [0.4, 0.5) is 8.78 Å². The molecule has 1 atom stereocenters. The maximum atomic E-state index is 13.5. The Balaban J connectivity index is 1.41. The Morgan fingerprint density at radius 3 is 2.22 bits per heavy atom. The molecule has 1 heterocycles. The number of amides is 3. The number of rotatable bonds is 10. The zero-order chi connectivity index (χ0) is 26.5. The largest absolute Gasteiger partial charge is 0.352 e. The van der Waals surface area contributed by atoms with Gasteiger partial charge in [0.15, 0.2) is 0 Å². The van der Waals surface area contributed by atoms with Gasteiger partial charge in [-0.2, -0.15) is 0 Å². The van der Waals surface area contributed by atoms with Gasteiger partial charge in [-0.15, -0.1) is 0 Å². The van der Waals surface area contributed by atoms with Crippen LogP contribution in [0.1, 0.15) is 49.8 Å². The van der Waals surface area contributed by atoms with Gasteiger partial charge in [0.05, 0.1) is 12.2 Å². The molecule has 1 aromatic carbocycles. The fourth-order valence-corrected chi connectivity index (χ4v) is 4.46. The number of carbonyl (C=O) groups excluding carboxylic acids is 4. The normalized spacial score (nSPS) is 18.8. The Bertz CT molecular complexity index is 1130. The van der Waals surface area contributed by atoms with Crippen LogP contribution in [-0.2, 0) is 32.1 Å². The highest BCUT2D eigenvalue weighted by atomic mass is 19.3. The average Bonchev–Trinajstić information content (AvgIpc) is 3.71. The molecule has 10 heteroatoms. The molecule has 0 radical (unpaired) electrons. The van der Waals surface area contributed by atoms with E-state index in [-0.39, 0.29) is 51.5 Å². The number of hydrogen-bond donors (Lipinski definition) is 3. The number of benzene rings is 1. The van der Waals surface area contributed by atoms with E-state index in [1.54, 1.807) is 48.7 Å². The van der Waals surface area contributed by atoms with Crippen LogP contribution in [0.2, 0.25) is 0 Å². The second-order valence-corrected chi connectivity index (χ2v) is 9.77. The van der Waals surface area contributed by atoms with E-state index in [9.17, 15) is 28.0 Å². The summed E-state index contributed by atoms with van der Waals surface area (Å²) in [6.45, 7) is 0.0458. The molecule has 196 valence electrons. The molecule has 2 aromatic rings. The van der Waals surface area contributed by atoms with Crippen molar-refractivity contribution in [3.05, 3.63) is 66.0 Å². The highest BCUT2D eigenvalue weighted by molar-refractivity contribution is 6.38. The lowest BCUT2D eigenvalue weighted by Gasteiger charge is -2.30. The van der Waals surface area contributed by atoms with Crippen LogP contribution in [0, 0.1) is 5.41 Å². The Morgan fingerprint density at radius 2 is 1.59 bits per heavy atom. The molecule has 37 heavy (non-hydrogen) atoms. The Labute approximate surface area is 213 Å². The number of aromatic nitrogens is 1. The lowest BCUT2D eigenvalue weighted by molar-refractivity contribution is -0.142. The first kappa shape index (κ1) is 26.4. The minimum absolute atomic E-state index is 0.0458. The van der Waals surface area contributed by atoms with Crippen LogP contribution >= 0.6 is 0 Å². The van der Waals surface area contributed by atoms with Gasteiger partial charge in [-0.25, -0.2) is 8.78 Å². The van der Waals surface area contributed by atoms with E-state index in [0.29, 0.717) is 5.69 Å². The minimum Gasteiger partial charge on any atom is -0.352 e. The van der Waals surface area contributed by atoms with E-state index in [2.05, 4.69) is 20.9 Å². The number of alkyl halides is 2. The molecule has 1 aromatic heterocycles. The summed E-state index contributed by atoms with van der Waals surface area (Å²) in [5.41, 5.74) is -0.0583. The van der Waals surface area contributed by atoms with Gasteiger partial charge in [-0.3, -0.25) is 24.2 Å². The van der Waals surface area contributed by atoms with Gasteiger partial charge in [0, 0.05) is 31.5 Å². The van der Waals surface area contributed by atoms with Gasteiger partial charge in [0.1, 0.15) is 11.5 Å². The Hall–Kier alpha value is -3.69. The molecule has 0 spiro atoms. The van der Waals surface area contributed by atoms with Gasteiger partial charge in [0.2, 0.25) is 23.5 Å². The second kappa shape index (κ2) is 11.1. The van der Waals surface area contributed by atoms with Crippen molar-refractivity contribution < 1.29 is 28.0 Å². The van der Waals surface area contributed by atoms with E-state index in [0.717, 1.165) is 5.56 Å². The average molecular weight is 513 g/mol. The summed E-state index contributed by atoms with van der Waals surface area (Å²) >= 11 is 0. The maximum absolute atomic E-state index is 13.5. The predicted octanol–water partition coefficient (Wildman–Crippen LogP) is 2.47. The third-order valence-electron chi connectivity index (χ3n) is 6.96. The van der Waals surface area contributed by atoms with E-state index >= 15 is 0 Å². The quantitative estimate of drug-likeness (QED) is 0.334. The number of Topliss-reactive ketones (excluding diaryl/α,β-unsaturated/α-hetero) is 1. The number of halogens is 2. The van der Waals surface area contributed by atoms with Crippen molar-refractivity contribution in [2.75, 3.05) is 0 Å². The van der Waals surface area contributed by atoms with Gasteiger partial charge in [0.25, 0.3) is 5.91 Å². The summed E-state index contributed by atoms with van der Waals surface area (Å²) < 4.78 is 26.9. The molecule has 3 N–H and O–H groups in total. The van der Waals surface area contributed by atoms with Gasteiger partial charge in [-0.1, -0.05) is 36.4 Å². The molecule has 2 saturated carbocycles. The Morgan fingerprint density at radius 1 is 0.919 bits per heavy atom.